The van der Waals surface area contributed by atoms with Crippen LogP contribution in [0.25, 0.3) is 16.8 Å². The molecule has 30 heavy (non-hydrogen) atoms. The second kappa shape index (κ2) is 8.61. The molecule has 1 heterocycles. The van der Waals surface area contributed by atoms with E-state index in [4.69, 9.17) is 9.47 Å². The molecule has 0 fully saturated rings. The summed E-state index contributed by atoms with van der Waals surface area (Å²) in [5, 5.41) is 3.82. The first-order valence-corrected chi connectivity index (χ1v) is 9.40. The monoisotopic (exact) mass is 418 g/mol. The summed E-state index contributed by atoms with van der Waals surface area (Å²) < 4.78 is 52.4. The molecular formula is C22H21F3N2O3. The van der Waals surface area contributed by atoms with Crippen molar-refractivity contribution in [2.45, 2.75) is 33.1 Å². The van der Waals surface area contributed by atoms with Crippen LogP contribution < -0.4 is 4.74 Å². The molecule has 0 aliphatic heterocycles. The molecule has 0 aliphatic carbocycles. The zero-order valence-corrected chi connectivity index (χ0v) is 16.7. The van der Waals surface area contributed by atoms with E-state index in [-0.39, 0.29) is 18.4 Å². The fraction of sp³-hybridized carbons (Fsp3) is 0.273. The maximum atomic E-state index is 13.7. The number of ether oxygens (including phenoxy) is 2. The number of alkyl halides is 3. The van der Waals surface area contributed by atoms with Crippen molar-refractivity contribution in [2.24, 2.45) is 0 Å². The van der Waals surface area contributed by atoms with Gasteiger partial charge in [-0.2, -0.15) is 18.3 Å². The number of halogens is 3. The van der Waals surface area contributed by atoms with Crippen molar-refractivity contribution in [1.29, 1.82) is 0 Å². The van der Waals surface area contributed by atoms with Gasteiger partial charge in [-0.1, -0.05) is 24.3 Å². The third-order valence-corrected chi connectivity index (χ3v) is 4.16. The largest absolute Gasteiger partial charge is 0.491 e. The predicted octanol–water partition coefficient (Wildman–Crippen LogP) is 5.52. The van der Waals surface area contributed by atoms with E-state index in [9.17, 15) is 18.0 Å². The molecule has 0 amide bonds. The van der Waals surface area contributed by atoms with E-state index < -0.39 is 23.4 Å². The van der Waals surface area contributed by atoms with Crippen molar-refractivity contribution in [3.8, 4) is 22.6 Å². The van der Waals surface area contributed by atoms with Gasteiger partial charge in [0.2, 0.25) is 0 Å². The first-order valence-electron chi connectivity index (χ1n) is 9.40. The first-order chi connectivity index (χ1) is 14.2. The summed E-state index contributed by atoms with van der Waals surface area (Å²) in [6, 6.07) is 13.8. The van der Waals surface area contributed by atoms with Gasteiger partial charge in [0.05, 0.1) is 24.6 Å². The number of esters is 1. The Balaban J connectivity index is 2.06. The van der Waals surface area contributed by atoms with Crippen molar-refractivity contribution in [2.75, 3.05) is 6.61 Å². The van der Waals surface area contributed by atoms with Crippen molar-refractivity contribution in [3.63, 3.8) is 0 Å². The first kappa shape index (κ1) is 21.4. The minimum Gasteiger partial charge on any atom is -0.491 e. The Hall–Kier alpha value is -3.29. The normalized spacial score (nSPS) is 11.6. The molecule has 3 rings (SSSR count). The fourth-order valence-corrected chi connectivity index (χ4v) is 3.01. The molecule has 8 heteroatoms. The average Bonchev–Trinajstić information content (AvgIpc) is 3.14. The predicted molar refractivity (Wildman–Crippen MR) is 106 cm³/mol. The van der Waals surface area contributed by atoms with E-state index in [1.165, 1.54) is 13.0 Å². The Labute approximate surface area is 172 Å². The highest BCUT2D eigenvalue weighted by Gasteiger charge is 2.41. The van der Waals surface area contributed by atoms with E-state index in [1.807, 2.05) is 38.1 Å². The molecule has 158 valence electrons. The van der Waals surface area contributed by atoms with E-state index in [0.717, 1.165) is 11.8 Å². The quantitative estimate of drug-likeness (QED) is 0.495. The van der Waals surface area contributed by atoms with Gasteiger partial charge in [-0.3, -0.25) is 0 Å². The van der Waals surface area contributed by atoms with Gasteiger partial charge in [0.1, 0.15) is 11.3 Å². The maximum absolute atomic E-state index is 13.7. The summed E-state index contributed by atoms with van der Waals surface area (Å²) >= 11 is 0. The lowest BCUT2D eigenvalue weighted by molar-refractivity contribution is -0.143. The van der Waals surface area contributed by atoms with Crippen LogP contribution in [0.3, 0.4) is 0 Å². The lowest BCUT2D eigenvalue weighted by Crippen LogP contribution is -2.18. The number of carbonyl (C=O) groups is 1. The van der Waals surface area contributed by atoms with E-state index >= 15 is 0 Å². The van der Waals surface area contributed by atoms with Gasteiger partial charge >= 0.3 is 12.1 Å². The second-order valence-corrected chi connectivity index (χ2v) is 6.78. The minimum absolute atomic E-state index is 0.00806. The van der Waals surface area contributed by atoms with Gasteiger partial charge in [0, 0.05) is 0 Å². The van der Waals surface area contributed by atoms with Gasteiger partial charge < -0.3 is 9.47 Å². The zero-order valence-electron chi connectivity index (χ0n) is 16.7. The lowest BCUT2D eigenvalue weighted by atomic mass is 10.0. The number of aromatic nitrogens is 2. The molecule has 0 spiro atoms. The molecule has 1 aromatic heterocycles. The van der Waals surface area contributed by atoms with Crippen LogP contribution >= 0.6 is 0 Å². The summed E-state index contributed by atoms with van der Waals surface area (Å²) in [4.78, 5) is 12.0. The SMILES string of the molecule is CCOC(=O)c1cnn(-c2cccc(-c3cccc(OC(C)C)c3)c2)c1C(F)(F)F. The minimum atomic E-state index is -4.79. The Kier molecular flexibility index (Phi) is 6.14. The van der Waals surface area contributed by atoms with Crippen molar-refractivity contribution >= 4 is 5.97 Å². The summed E-state index contributed by atoms with van der Waals surface area (Å²) in [6.07, 6.45) is -3.92. The third kappa shape index (κ3) is 4.64. The summed E-state index contributed by atoms with van der Waals surface area (Å²) in [5.41, 5.74) is -0.160. The Bertz CT molecular complexity index is 1040. The molecule has 0 unspecified atom stereocenters. The van der Waals surface area contributed by atoms with Crippen molar-refractivity contribution < 1.29 is 27.4 Å². The highest BCUT2D eigenvalue weighted by molar-refractivity contribution is 5.90. The van der Waals surface area contributed by atoms with Crippen LogP contribution in [0, 0.1) is 0 Å². The fourth-order valence-electron chi connectivity index (χ4n) is 3.01. The van der Waals surface area contributed by atoms with Crippen LogP contribution in [0.1, 0.15) is 36.8 Å². The third-order valence-electron chi connectivity index (χ3n) is 4.16. The zero-order chi connectivity index (χ0) is 21.9. The molecule has 0 atom stereocenters. The van der Waals surface area contributed by atoms with Crippen molar-refractivity contribution in [1.82, 2.24) is 9.78 Å². The highest BCUT2D eigenvalue weighted by atomic mass is 19.4. The smallest absolute Gasteiger partial charge is 0.434 e. The molecule has 2 aromatic carbocycles. The number of rotatable bonds is 6. The van der Waals surface area contributed by atoms with E-state index in [0.29, 0.717) is 16.0 Å². The summed E-state index contributed by atoms with van der Waals surface area (Å²) in [6.45, 7) is 5.30. The average molecular weight is 418 g/mol. The topological polar surface area (TPSA) is 53.3 Å². The number of carbonyl (C=O) groups excluding carboxylic acids is 1. The van der Waals surface area contributed by atoms with Crippen LogP contribution in [-0.4, -0.2) is 28.5 Å². The molecule has 0 radical (unpaired) electrons. The molecule has 0 saturated carbocycles. The van der Waals surface area contributed by atoms with Crippen LogP contribution in [0.15, 0.2) is 54.7 Å². The number of nitrogens with zero attached hydrogens (tertiary/aromatic N) is 2. The Morgan fingerprint density at radius 1 is 1.10 bits per heavy atom. The molecule has 3 aromatic rings. The van der Waals surface area contributed by atoms with E-state index in [1.54, 1.807) is 18.2 Å². The molecule has 0 N–H and O–H groups in total. The van der Waals surface area contributed by atoms with Gasteiger partial charge in [-0.25, -0.2) is 9.48 Å². The second-order valence-electron chi connectivity index (χ2n) is 6.78. The molecule has 0 bridgehead atoms. The van der Waals surface area contributed by atoms with Crippen LogP contribution in [0.4, 0.5) is 13.2 Å². The van der Waals surface area contributed by atoms with Crippen LogP contribution in [-0.2, 0) is 10.9 Å². The van der Waals surface area contributed by atoms with Gasteiger partial charge in [0.25, 0.3) is 0 Å². The molecular weight excluding hydrogens is 397 g/mol. The maximum Gasteiger partial charge on any atom is 0.434 e. The molecule has 0 aliphatic rings. The van der Waals surface area contributed by atoms with Gasteiger partial charge in [-0.05, 0) is 56.2 Å². The molecule has 0 saturated heterocycles. The van der Waals surface area contributed by atoms with Crippen LogP contribution in [0.5, 0.6) is 5.75 Å². The lowest BCUT2D eigenvalue weighted by Gasteiger charge is -2.14. The van der Waals surface area contributed by atoms with E-state index in [2.05, 4.69) is 5.10 Å². The standard InChI is InChI=1S/C22H21F3N2O3/c1-4-29-21(28)19-13-26-27(20(19)22(23,24)25)17-9-5-7-15(11-17)16-8-6-10-18(12-16)30-14(2)3/h5-14H,4H2,1-3H3. The number of hydrogen-bond donors (Lipinski definition) is 0. The van der Waals surface area contributed by atoms with Crippen LogP contribution in [0.2, 0.25) is 0 Å². The summed E-state index contributed by atoms with van der Waals surface area (Å²) in [7, 11) is 0. The Morgan fingerprint density at radius 2 is 1.77 bits per heavy atom. The number of hydrogen-bond acceptors (Lipinski definition) is 4. The van der Waals surface area contributed by atoms with Gasteiger partial charge in [-0.15, -0.1) is 0 Å². The summed E-state index contributed by atoms with van der Waals surface area (Å²) in [5.74, 6) is -0.404. The molecule has 5 nitrogen and oxygen atoms in total. The Morgan fingerprint density at radius 3 is 2.40 bits per heavy atom. The van der Waals surface area contributed by atoms with Crippen molar-refractivity contribution in [3.05, 3.63) is 66.0 Å². The van der Waals surface area contributed by atoms with Gasteiger partial charge in [0.15, 0.2) is 5.69 Å². The number of benzene rings is 2. The highest BCUT2D eigenvalue weighted by Crippen LogP contribution is 2.35.